The lowest BCUT2D eigenvalue weighted by Crippen LogP contribution is -2.34. The number of hydrogen-bond donors (Lipinski definition) is 1. The molecule has 0 radical (unpaired) electrons. The van der Waals surface area contributed by atoms with Crippen molar-refractivity contribution >= 4 is 0 Å². The predicted octanol–water partition coefficient (Wildman–Crippen LogP) is 2.95. The smallest absolute Gasteiger partial charge is 0.123 e. The fourth-order valence-corrected chi connectivity index (χ4v) is 1.87. The van der Waals surface area contributed by atoms with E-state index in [0.29, 0.717) is 6.04 Å². The quantitative estimate of drug-likeness (QED) is 0.751. The lowest BCUT2D eigenvalue weighted by molar-refractivity contribution is 0.251. The van der Waals surface area contributed by atoms with Crippen molar-refractivity contribution in [3.63, 3.8) is 0 Å². The highest BCUT2D eigenvalue weighted by atomic mass is 19.1. The maximum atomic E-state index is 12.9. The van der Waals surface area contributed by atoms with E-state index in [1.807, 2.05) is 13.0 Å². The molecule has 1 unspecified atom stereocenters. The minimum absolute atomic E-state index is 0.159. The van der Waals surface area contributed by atoms with Gasteiger partial charge >= 0.3 is 0 Å². The average Bonchev–Trinajstić information content (AvgIpc) is 2.35. The van der Waals surface area contributed by atoms with Crippen LogP contribution in [0.15, 0.2) is 18.2 Å². The number of nitrogens with one attached hydrogen (secondary N) is 1. The van der Waals surface area contributed by atoms with Crippen LogP contribution >= 0.6 is 0 Å². The maximum absolute atomic E-state index is 12.9. The van der Waals surface area contributed by atoms with Gasteiger partial charge < -0.3 is 10.2 Å². The minimum Gasteiger partial charge on any atom is -0.311 e. The van der Waals surface area contributed by atoms with Gasteiger partial charge in [0.25, 0.3) is 0 Å². The molecule has 0 saturated carbocycles. The normalized spacial score (nSPS) is 13.0. The van der Waals surface area contributed by atoms with E-state index >= 15 is 0 Å². The van der Waals surface area contributed by atoms with E-state index in [1.165, 1.54) is 18.1 Å². The Morgan fingerprint density at radius 1 is 1.39 bits per heavy atom. The van der Waals surface area contributed by atoms with Crippen molar-refractivity contribution in [1.29, 1.82) is 0 Å². The molecule has 1 atom stereocenters. The molecule has 3 heteroatoms. The van der Waals surface area contributed by atoms with Gasteiger partial charge in [0.1, 0.15) is 5.82 Å². The van der Waals surface area contributed by atoms with E-state index in [4.69, 9.17) is 0 Å². The van der Waals surface area contributed by atoms with Crippen molar-refractivity contribution in [2.75, 3.05) is 20.1 Å². The minimum atomic E-state index is -0.159. The lowest BCUT2D eigenvalue weighted by Gasteiger charge is -2.23. The van der Waals surface area contributed by atoms with E-state index in [2.05, 4.69) is 31.1 Å². The van der Waals surface area contributed by atoms with Crippen LogP contribution in [0.25, 0.3) is 0 Å². The molecule has 0 aliphatic heterocycles. The number of aryl methyl sites for hydroxylation is 1. The zero-order valence-electron chi connectivity index (χ0n) is 12.0. The molecule has 1 aromatic carbocycles. The molecule has 1 aromatic rings. The molecule has 0 aromatic heterocycles. The zero-order chi connectivity index (χ0) is 13.5. The van der Waals surface area contributed by atoms with E-state index in [1.54, 1.807) is 6.07 Å². The predicted molar refractivity (Wildman–Crippen MR) is 75.2 cm³/mol. The van der Waals surface area contributed by atoms with Crippen molar-refractivity contribution in [3.05, 3.63) is 35.1 Å². The van der Waals surface area contributed by atoms with Crippen LogP contribution in [0.1, 0.15) is 31.4 Å². The molecular formula is C15H25FN2. The third-order valence-electron chi connectivity index (χ3n) is 3.60. The maximum Gasteiger partial charge on any atom is 0.123 e. The Bertz CT molecular complexity index is 366. The van der Waals surface area contributed by atoms with Gasteiger partial charge in [0.15, 0.2) is 0 Å². The molecule has 1 rings (SSSR count). The Morgan fingerprint density at radius 3 is 2.72 bits per heavy atom. The molecule has 18 heavy (non-hydrogen) atoms. The van der Waals surface area contributed by atoms with E-state index in [0.717, 1.165) is 25.2 Å². The highest BCUT2D eigenvalue weighted by Crippen LogP contribution is 2.09. The summed E-state index contributed by atoms with van der Waals surface area (Å²) in [4.78, 5) is 2.35. The Kier molecular flexibility index (Phi) is 6.30. The van der Waals surface area contributed by atoms with Gasteiger partial charge in [0, 0.05) is 25.7 Å². The number of benzene rings is 1. The van der Waals surface area contributed by atoms with Gasteiger partial charge in [-0.05, 0) is 50.6 Å². The second kappa shape index (κ2) is 7.49. The van der Waals surface area contributed by atoms with Crippen LogP contribution < -0.4 is 5.32 Å². The second-order valence-electron chi connectivity index (χ2n) is 4.99. The summed E-state index contributed by atoms with van der Waals surface area (Å²) >= 11 is 0. The summed E-state index contributed by atoms with van der Waals surface area (Å²) in [5.41, 5.74) is 2.18. The lowest BCUT2D eigenvalue weighted by atomic mass is 10.1. The molecule has 102 valence electrons. The number of likely N-dealkylation sites (N-methyl/N-ethyl adjacent to an activating group) is 1. The molecule has 0 aliphatic carbocycles. The third kappa shape index (κ3) is 4.75. The number of halogens is 1. The molecule has 0 spiro atoms. The topological polar surface area (TPSA) is 15.3 Å². The van der Waals surface area contributed by atoms with Gasteiger partial charge in [0.05, 0.1) is 0 Å². The first-order valence-corrected chi connectivity index (χ1v) is 6.70. The standard InChI is InChI=1S/C15H25FN2/c1-5-13(3)18(4)9-8-17-11-14-6-7-15(16)10-12(14)2/h6-7,10,13,17H,5,8-9,11H2,1-4H3. The molecule has 0 heterocycles. The van der Waals surface area contributed by atoms with Gasteiger partial charge in [0.2, 0.25) is 0 Å². The monoisotopic (exact) mass is 252 g/mol. The third-order valence-corrected chi connectivity index (χ3v) is 3.60. The van der Waals surface area contributed by atoms with Crippen molar-refractivity contribution in [1.82, 2.24) is 10.2 Å². The summed E-state index contributed by atoms with van der Waals surface area (Å²) in [7, 11) is 2.15. The van der Waals surface area contributed by atoms with Gasteiger partial charge in [-0.15, -0.1) is 0 Å². The zero-order valence-corrected chi connectivity index (χ0v) is 12.0. The van der Waals surface area contributed by atoms with E-state index in [-0.39, 0.29) is 5.82 Å². The molecular weight excluding hydrogens is 227 g/mol. The fraction of sp³-hybridized carbons (Fsp3) is 0.600. The van der Waals surface area contributed by atoms with Crippen LogP contribution in [0.5, 0.6) is 0 Å². The van der Waals surface area contributed by atoms with Crippen LogP contribution in [0.3, 0.4) is 0 Å². The van der Waals surface area contributed by atoms with Gasteiger partial charge in [-0.25, -0.2) is 4.39 Å². The average molecular weight is 252 g/mol. The van der Waals surface area contributed by atoms with Crippen molar-refractivity contribution in [3.8, 4) is 0 Å². The first kappa shape index (κ1) is 15.1. The summed E-state index contributed by atoms with van der Waals surface area (Å²) in [5.74, 6) is -0.159. The van der Waals surface area contributed by atoms with Crippen LogP contribution in [0.2, 0.25) is 0 Å². The Labute approximate surface area is 110 Å². The molecule has 0 bridgehead atoms. The summed E-state index contributed by atoms with van der Waals surface area (Å²) in [5, 5.41) is 3.41. The number of rotatable bonds is 7. The fourth-order valence-electron chi connectivity index (χ4n) is 1.87. The van der Waals surface area contributed by atoms with Crippen LogP contribution in [-0.4, -0.2) is 31.1 Å². The van der Waals surface area contributed by atoms with Gasteiger partial charge in [-0.3, -0.25) is 0 Å². The first-order valence-electron chi connectivity index (χ1n) is 6.70. The van der Waals surface area contributed by atoms with E-state index < -0.39 is 0 Å². The van der Waals surface area contributed by atoms with Gasteiger partial charge in [-0.1, -0.05) is 13.0 Å². The Balaban J connectivity index is 2.29. The summed E-state index contributed by atoms with van der Waals surface area (Å²) < 4.78 is 12.9. The second-order valence-corrected chi connectivity index (χ2v) is 4.99. The van der Waals surface area contributed by atoms with Crippen LogP contribution in [0, 0.1) is 12.7 Å². The summed E-state index contributed by atoms with van der Waals surface area (Å²) in [6, 6.07) is 5.59. The SMILES string of the molecule is CCC(C)N(C)CCNCc1ccc(F)cc1C. The van der Waals surface area contributed by atoms with Crippen LogP contribution in [-0.2, 0) is 6.54 Å². The van der Waals surface area contributed by atoms with Crippen molar-refractivity contribution < 1.29 is 4.39 Å². The number of nitrogens with zero attached hydrogens (tertiary/aromatic N) is 1. The van der Waals surface area contributed by atoms with Crippen LogP contribution in [0.4, 0.5) is 4.39 Å². The molecule has 0 saturated heterocycles. The molecule has 0 aliphatic rings. The summed E-state index contributed by atoms with van der Waals surface area (Å²) in [6.45, 7) is 9.19. The molecule has 0 amide bonds. The first-order chi connectivity index (χ1) is 8.54. The Hall–Kier alpha value is -0.930. The summed E-state index contributed by atoms with van der Waals surface area (Å²) in [6.07, 6.45) is 1.17. The molecule has 0 fully saturated rings. The highest BCUT2D eigenvalue weighted by Gasteiger charge is 2.05. The van der Waals surface area contributed by atoms with E-state index in [9.17, 15) is 4.39 Å². The number of hydrogen-bond acceptors (Lipinski definition) is 2. The molecule has 2 nitrogen and oxygen atoms in total. The Morgan fingerprint density at radius 2 is 2.11 bits per heavy atom. The molecule has 1 N–H and O–H groups in total. The highest BCUT2D eigenvalue weighted by molar-refractivity contribution is 5.26. The van der Waals surface area contributed by atoms with Gasteiger partial charge in [-0.2, -0.15) is 0 Å². The largest absolute Gasteiger partial charge is 0.311 e. The van der Waals surface area contributed by atoms with Crippen molar-refractivity contribution in [2.24, 2.45) is 0 Å². The van der Waals surface area contributed by atoms with Crippen molar-refractivity contribution in [2.45, 2.75) is 39.8 Å².